The normalized spacial score (nSPS) is 39.2. The van der Waals surface area contributed by atoms with Gasteiger partial charge in [-0.05, 0) is 44.4 Å². The molecule has 4 fully saturated rings. The van der Waals surface area contributed by atoms with Gasteiger partial charge >= 0.3 is 11.9 Å². The Labute approximate surface area is 129 Å². The van der Waals surface area contributed by atoms with Gasteiger partial charge in [-0.25, -0.2) is 9.59 Å². The SMILES string of the molecule is C=C(C)C(=O)OCC(=O)OC1C2CC3CC(C2)C(O)OC1C3. The van der Waals surface area contributed by atoms with E-state index in [1.165, 1.54) is 6.92 Å². The summed E-state index contributed by atoms with van der Waals surface area (Å²) in [4.78, 5) is 23.2. The van der Waals surface area contributed by atoms with Crippen LogP contribution in [0.1, 0.15) is 32.6 Å². The van der Waals surface area contributed by atoms with Crippen LogP contribution in [0.25, 0.3) is 0 Å². The minimum absolute atomic E-state index is 0.138. The Morgan fingerprint density at radius 2 is 1.95 bits per heavy atom. The lowest BCUT2D eigenvalue weighted by molar-refractivity contribution is -0.192. The van der Waals surface area contributed by atoms with Gasteiger partial charge in [-0.15, -0.1) is 0 Å². The van der Waals surface area contributed by atoms with E-state index < -0.39 is 24.8 Å². The second-order valence-corrected chi connectivity index (χ2v) is 6.71. The molecule has 2 heterocycles. The van der Waals surface area contributed by atoms with Crippen molar-refractivity contribution >= 4 is 11.9 Å². The van der Waals surface area contributed by atoms with E-state index in [1.807, 2.05) is 0 Å². The third-order valence-electron chi connectivity index (χ3n) is 4.93. The van der Waals surface area contributed by atoms with Gasteiger partial charge in [0.15, 0.2) is 12.9 Å². The Bertz CT molecular complexity index is 487. The van der Waals surface area contributed by atoms with Crippen LogP contribution in [0.2, 0.25) is 0 Å². The lowest BCUT2D eigenvalue weighted by Gasteiger charge is -2.42. The highest BCUT2D eigenvalue weighted by atomic mass is 16.6. The van der Waals surface area contributed by atoms with E-state index in [4.69, 9.17) is 14.2 Å². The van der Waals surface area contributed by atoms with Gasteiger partial charge in [0.2, 0.25) is 0 Å². The quantitative estimate of drug-likeness (QED) is 0.620. The van der Waals surface area contributed by atoms with Gasteiger partial charge in [0.1, 0.15) is 6.10 Å². The Kier molecular flexibility index (Phi) is 4.23. The van der Waals surface area contributed by atoms with Crippen LogP contribution < -0.4 is 0 Å². The molecule has 2 aliphatic carbocycles. The van der Waals surface area contributed by atoms with Crippen LogP contribution in [0.4, 0.5) is 0 Å². The third kappa shape index (κ3) is 3.03. The number of carbonyl (C=O) groups excluding carboxylic acids is 2. The molecule has 0 aromatic heterocycles. The molecular weight excluding hydrogens is 288 g/mol. The first-order valence-electron chi connectivity index (χ1n) is 7.79. The van der Waals surface area contributed by atoms with Crippen molar-refractivity contribution in [2.75, 3.05) is 6.61 Å². The summed E-state index contributed by atoms with van der Waals surface area (Å²) in [5.41, 5.74) is 0.241. The maximum atomic E-state index is 11.9. The predicted molar refractivity (Wildman–Crippen MR) is 75.5 cm³/mol. The van der Waals surface area contributed by atoms with Crippen LogP contribution in [0.3, 0.4) is 0 Å². The van der Waals surface area contributed by atoms with Crippen molar-refractivity contribution in [1.82, 2.24) is 0 Å². The first-order chi connectivity index (χ1) is 10.4. The molecule has 0 radical (unpaired) electrons. The number of fused-ring (bicyclic) bond motifs is 1. The molecule has 122 valence electrons. The summed E-state index contributed by atoms with van der Waals surface area (Å²) in [6, 6.07) is 0. The van der Waals surface area contributed by atoms with Gasteiger partial charge in [-0.2, -0.15) is 0 Å². The second kappa shape index (κ2) is 6.01. The fraction of sp³-hybridized carbons (Fsp3) is 0.750. The van der Waals surface area contributed by atoms with Crippen molar-refractivity contribution in [3.05, 3.63) is 12.2 Å². The van der Waals surface area contributed by atoms with E-state index in [2.05, 4.69) is 6.58 Å². The number of rotatable bonds is 4. The van der Waals surface area contributed by atoms with Crippen molar-refractivity contribution in [2.45, 2.75) is 51.1 Å². The molecule has 4 rings (SSSR count). The summed E-state index contributed by atoms with van der Waals surface area (Å²) in [6.07, 6.45) is 2.25. The molecule has 0 spiro atoms. The van der Waals surface area contributed by atoms with Crippen molar-refractivity contribution < 1.29 is 28.9 Å². The Morgan fingerprint density at radius 3 is 2.68 bits per heavy atom. The lowest BCUT2D eigenvalue weighted by Crippen LogP contribution is -2.45. The van der Waals surface area contributed by atoms with E-state index in [0.717, 1.165) is 25.7 Å². The van der Waals surface area contributed by atoms with Crippen LogP contribution >= 0.6 is 0 Å². The summed E-state index contributed by atoms with van der Waals surface area (Å²) in [5, 5.41) is 10.0. The second-order valence-electron chi connectivity index (χ2n) is 6.71. The number of ether oxygens (including phenoxy) is 3. The molecule has 6 heteroatoms. The number of esters is 2. The lowest BCUT2D eigenvalue weighted by atomic mass is 9.67. The topological polar surface area (TPSA) is 82.1 Å². The molecule has 22 heavy (non-hydrogen) atoms. The highest BCUT2D eigenvalue weighted by molar-refractivity contribution is 5.88. The first kappa shape index (κ1) is 15.5. The Morgan fingerprint density at radius 1 is 1.23 bits per heavy atom. The average Bonchev–Trinajstić information content (AvgIpc) is 2.62. The average molecular weight is 310 g/mol. The molecular formula is C16H22O6. The third-order valence-corrected chi connectivity index (χ3v) is 4.93. The number of hydrogen-bond acceptors (Lipinski definition) is 6. The van der Waals surface area contributed by atoms with Gasteiger partial charge < -0.3 is 19.3 Å². The molecule has 0 aromatic carbocycles. The highest BCUT2D eigenvalue weighted by Crippen LogP contribution is 2.49. The van der Waals surface area contributed by atoms with Crippen molar-refractivity contribution in [3.8, 4) is 0 Å². The van der Waals surface area contributed by atoms with Crippen LogP contribution in [0.15, 0.2) is 12.2 Å². The predicted octanol–water partition coefficient (Wildman–Crippen LogP) is 1.17. The molecule has 4 bridgehead atoms. The van der Waals surface area contributed by atoms with E-state index >= 15 is 0 Å². The zero-order valence-corrected chi connectivity index (χ0v) is 12.7. The van der Waals surface area contributed by atoms with Gasteiger partial charge in [-0.1, -0.05) is 6.58 Å². The summed E-state index contributed by atoms with van der Waals surface area (Å²) in [7, 11) is 0. The summed E-state index contributed by atoms with van der Waals surface area (Å²) in [6.45, 7) is 4.55. The van der Waals surface area contributed by atoms with E-state index in [-0.39, 0.29) is 29.6 Å². The maximum absolute atomic E-state index is 11.9. The minimum Gasteiger partial charge on any atom is -0.457 e. The number of aliphatic hydroxyl groups is 1. The van der Waals surface area contributed by atoms with Crippen molar-refractivity contribution in [2.24, 2.45) is 17.8 Å². The van der Waals surface area contributed by atoms with E-state index in [1.54, 1.807) is 0 Å². The van der Waals surface area contributed by atoms with Crippen LogP contribution in [0, 0.1) is 17.8 Å². The van der Waals surface area contributed by atoms with Crippen molar-refractivity contribution in [3.63, 3.8) is 0 Å². The molecule has 2 aliphatic heterocycles. The molecule has 2 saturated carbocycles. The maximum Gasteiger partial charge on any atom is 0.344 e. The first-order valence-corrected chi connectivity index (χ1v) is 7.79. The molecule has 0 aromatic rings. The van der Waals surface area contributed by atoms with E-state index in [9.17, 15) is 14.7 Å². The van der Waals surface area contributed by atoms with Gasteiger partial charge in [0.05, 0.1) is 6.10 Å². The molecule has 6 unspecified atom stereocenters. The zero-order chi connectivity index (χ0) is 15.9. The summed E-state index contributed by atoms with van der Waals surface area (Å²) in [5.74, 6) is -0.280. The fourth-order valence-corrected chi connectivity index (χ4v) is 4.02. The number of carbonyl (C=O) groups is 2. The zero-order valence-electron chi connectivity index (χ0n) is 12.7. The Hall–Kier alpha value is -1.40. The fourth-order valence-electron chi connectivity index (χ4n) is 4.02. The molecule has 0 amide bonds. The van der Waals surface area contributed by atoms with Crippen LogP contribution in [0.5, 0.6) is 0 Å². The molecule has 6 nitrogen and oxygen atoms in total. The smallest absolute Gasteiger partial charge is 0.344 e. The van der Waals surface area contributed by atoms with Crippen molar-refractivity contribution in [1.29, 1.82) is 0 Å². The summed E-state index contributed by atoms with van der Waals surface area (Å²) < 4.78 is 16.0. The van der Waals surface area contributed by atoms with Gasteiger partial charge in [0, 0.05) is 11.5 Å². The van der Waals surface area contributed by atoms with Crippen LogP contribution in [-0.2, 0) is 23.8 Å². The molecule has 2 saturated heterocycles. The Balaban J connectivity index is 1.59. The van der Waals surface area contributed by atoms with E-state index in [0.29, 0.717) is 5.92 Å². The van der Waals surface area contributed by atoms with Gasteiger partial charge in [-0.3, -0.25) is 0 Å². The minimum atomic E-state index is -0.761. The highest BCUT2D eigenvalue weighted by Gasteiger charge is 2.51. The monoisotopic (exact) mass is 310 g/mol. The summed E-state index contributed by atoms with van der Waals surface area (Å²) >= 11 is 0. The van der Waals surface area contributed by atoms with Gasteiger partial charge in [0.25, 0.3) is 0 Å². The largest absolute Gasteiger partial charge is 0.457 e. The molecule has 6 atom stereocenters. The molecule has 4 aliphatic rings. The van der Waals surface area contributed by atoms with Crippen LogP contribution in [-0.4, -0.2) is 42.1 Å². The number of aliphatic hydroxyl groups excluding tert-OH is 1. The molecule has 1 N–H and O–H groups in total. The number of hydrogen-bond donors (Lipinski definition) is 1. The standard InChI is InChI=1S/C16H22O6/c1-8(2)15(18)20-7-13(17)22-14-10-3-9-4-11(6-10)16(19)21-12(14)5-9/h9-12,14,16,19H,1,3-7H2,2H3.